The SMILES string of the molecule is N#Cc1cccc(S(=O)(=O)N2CCN(S(=O)(=O)c3ccc(Cl)cc3)CC2)c1. The fourth-order valence-corrected chi connectivity index (χ4v) is 5.80. The monoisotopic (exact) mass is 425 g/mol. The van der Waals surface area contributed by atoms with Crippen molar-refractivity contribution < 1.29 is 16.8 Å². The van der Waals surface area contributed by atoms with Crippen LogP contribution in [0.2, 0.25) is 5.02 Å². The van der Waals surface area contributed by atoms with E-state index in [1.165, 1.54) is 57.1 Å². The quantitative estimate of drug-likeness (QED) is 0.745. The Kier molecular flexibility index (Phi) is 5.55. The van der Waals surface area contributed by atoms with Crippen LogP contribution in [0.25, 0.3) is 0 Å². The largest absolute Gasteiger partial charge is 0.243 e. The van der Waals surface area contributed by atoms with Crippen LogP contribution in [0, 0.1) is 11.3 Å². The van der Waals surface area contributed by atoms with Crippen LogP contribution < -0.4 is 0 Å². The van der Waals surface area contributed by atoms with Crippen molar-refractivity contribution >= 4 is 31.6 Å². The molecule has 1 saturated heterocycles. The molecule has 1 aliphatic heterocycles. The highest BCUT2D eigenvalue weighted by Gasteiger charge is 2.33. The molecule has 0 N–H and O–H groups in total. The molecule has 0 aromatic heterocycles. The van der Waals surface area contributed by atoms with E-state index in [2.05, 4.69) is 0 Å². The molecule has 0 aliphatic carbocycles. The molecule has 0 bridgehead atoms. The Morgan fingerprint density at radius 2 is 1.33 bits per heavy atom. The van der Waals surface area contributed by atoms with E-state index in [9.17, 15) is 16.8 Å². The molecule has 0 spiro atoms. The van der Waals surface area contributed by atoms with Crippen molar-refractivity contribution in [3.05, 3.63) is 59.1 Å². The number of sulfonamides is 2. The molecule has 1 heterocycles. The Balaban J connectivity index is 1.76. The Labute approximate surface area is 163 Å². The van der Waals surface area contributed by atoms with Gasteiger partial charge in [-0.05, 0) is 42.5 Å². The lowest BCUT2D eigenvalue weighted by molar-refractivity contribution is 0.273. The van der Waals surface area contributed by atoms with Crippen LogP contribution in [0.5, 0.6) is 0 Å². The maximum absolute atomic E-state index is 12.8. The van der Waals surface area contributed by atoms with Gasteiger partial charge in [-0.3, -0.25) is 0 Å². The minimum absolute atomic E-state index is 0.0237. The lowest BCUT2D eigenvalue weighted by Crippen LogP contribution is -2.50. The molecule has 1 aliphatic rings. The smallest absolute Gasteiger partial charge is 0.207 e. The second-order valence-corrected chi connectivity index (χ2v) is 10.2. The number of rotatable bonds is 4. The average molecular weight is 426 g/mol. The summed E-state index contributed by atoms with van der Waals surface area (Å²) in [6, 6.07) is 13.5. The van der Waals surface area contributed by atoms with Crippen molar-refractivity contribution in [1.29, 1.82) is 5.26 Å². The van der Waals surface area contributed by atoms with Crippen LogP contribution in [0.15, 0.2) is 58.3 Å². The number of piperazine rings is 1. The molecule has 3 rings (SSSR count). The molecule has 0 saturated carbocycles. The van der Waals surface area contributed by atoms with Crippen molar-refractivity contribution in [2.45, 2.75) is 9.79 Å². The van der Waals surface area contributed by atoms with Crippen molar-refractivity contribution in [3.8, 4) is 6.07 Å². The Bertz CT molecular complexity index is 1090. The molecule has 10 heteroatoms. The molecule has 0 amide bonds. The predicted octanol–water partition coefficient (Wildman–Crippen LogP) is 1.91. The number of hydrogen-bond donors (Lipinski definition) is 0. The third-order valence-electron chi connectivity index (χ3n) is 4.25. The average Bonchev–Trinajstić information content (AvgIpc) is 2.68. The first-order valence-corrected chi connectivity index (χ1v) is 11.3. The third kappa shape index (κ3) is 4.00. The highest BCUT2D eigenvalue weighted by molar-refractivity contribution is 7.89. The molecular formula is C17H16ClN3O4S2. The van der Waals surface area contributed by atoms with Crippen LogP contribution in [0.3, 0.4) is 0 Å². The van der Waals surface area contributed by atoms with E-state index in [0.717, 1.165) is 0 Å². The predicted molar refractivity (Wildman–Crippen MR) is 100 cm³/mol. The molecule has 27 heavy (non-hydrogen) atoms. The summed E-state index contributed by atoms with van der Waals surface area (Å²) in [5.74, 6) is 0. The van der Waals surface area contributed by atoms with Gasteiger partial charge in [-0.2, -0.15) is 13.9 Å². The van der Waals surface area contributed by atoms with Crippen LogP contribution in [0.1, 0.15) is 5.56 Å². The molecule has 0 atom stereocenters. The minimum Gasteiger partial charge on any atom is -0.207 e. The van der Waals surface area contributed by atoms with Gasteiger partial charge in [-0.15, -0.1) is 0 Å². The van der Waals surface area contributed by atoms with Crippen LogP contribution in [-0.4, -0.2) is 51.6 Å². The van der Waals surface area contributed by atoms with Crippen LogP contribution in [0.4, 0.5) is 0 Å². The molecule has 0 radical (unpaired) electrons. The fourth-order valence-electron chi connectivity index (χ4n) is 2.78. The molecule has 2 aromatic carbocycles. The van der Waals surface area contributed by atoms with Gasteiger partial charge < -0.3 is 0 Å². The summed E-state index contributed by atoms with van der Waals surface area (Å²) < 4.78 is 53.4. The van der Waals surface area contributed by atoms with Gasteiger partial charge in [-0.25, -0.2) is 16.8 Å². The molecule has 2 aromatic rings. The van der Waals surface area contributed by atoms with E-state index in [4.69, 9.17) is 16.9 Å². The van der Waals surface area contributed by atoms with E-state index < -0.39 is 20.0 Å². The molecule has 1 fully saturated rings. The van der Waals surface area contributed by atoms with Gasteiger partial charge >= 0.3 is 0 Å². The zero-order chi connectivity index (χ0) is 19.7. The van der Waals surface area contributed by atoms with Gasteiger partial charge in [0.25, 0.3) is 0 Å². The summed E-state index contributed by atoms with van der Waals surface area (Å²) in [5.41, 5.74) is 0.250. The molecule has 7 nitrogen and oxygen atoms in total. The van der Waals surface area contributed by atoms with Gasteiger partial charge in [0.2, 0.25) is 20.0 Å². The van der Waals surface area contributed by atoms with E-state index in [1.807, 2.05) is 6.07 Å². The van der Waals surface area contributed by atoms with E-state index in [1.54, 1.807) is 0 Å². The highest BCUT2D eigenvalue weighted by Crippen LogP contribution is 2.23. The normalized spacial score (nSPS) is 16.7. The minimum atomic E-state index is -3.79. The van der Waals surface area contributed by atoms with Crippen LogP contribution >= 0.6 is 11.6 Å². The first kappa shape index (κ1) is 19.8. The number of benzene rings is 2. The van der Waals surface area contributed by atoms with E-state index in [0.29, 0.717) is 5.02 Å². The summed E-state index contributed by atoms with van der Waals surface area (Å²) in [5, 5.41) is 9.38. The van der Waals surface area contributed by atoms with Gasteiger partial charge in [0, 0.05) is 31.2 Å². The lowest BCUT2D eigenvalue weighted by atomic mass is 10.2. The first-order chi connectivity index (χ1) is 12.7. The Hall–Kier alpha value is -1.96. The van der Waals surface area contributed by atoms with Gasteiger partial charge in [0.05, 0.1) is 21.4 Å². The van der Waals surface area contributed by atoms with Crippen molar-refractivity contribution in [2.24, 2.45) is 0 Å². The van der Waals surface area contributed by atoms with E-state index >= 15 is 0 Å². The number of nitriles is 1. The summed E-state index contributed by atoms with van der Waals surface area (Å²) >= 11 is 5.79. The van der Waals surface area contributed by atoms with Gasteiger partial charge in [0.1, 0.15) is 0 Å². The van der Waals surface area contributed by atoms with Crippen molar-refractivity contribution in [3.63, 3.8) is 0 Å². The zero-order valence-electron chi connectivity index (χ0n) is 14.1. The van der Waals surface area contributed by atoms with Crippen molar-refractivity contribution in [2.75, 3.05) is 26.2 Å². The first-order valence-electron chi connectivity index (χ1n) is 8.01. The standard InChI is InChI=1S/C17H16ClN3O4S2/c18-15-4-6-16(7-5-15)26(22,23)20-8-10-21(11-9-20)27(24,25)17-3-1-2-14(12-17)13-19/h1-7,12H,8-11H2. The number of halogens is 1. The number of hydrogen-bond acceptors (Lipinski definition) is 5. The maximum atomic E-state index is 12.8. The summed E-state index contributed by atoms with van der Waals surface area (Å²) in [6.07, 6.45) is 0. The number of nitrogens with zero attached hydrogens (tertiary/aromatic N) is 3. The van der Waals surface area contributed by atoms with Gasteiger partial charge in [0.15, 0.2) is 0 Å². The molecule has 0 unspecified atom stereocenters. The highest BCUT2D eigenvalue weighted by atomic mass is 35.5. The molecule has 142 valence electrons. The topological polar surface area (TPSA) is 98.5 Å². The second-order valence-electron chi connectivity index (χ2n) is 5.90. The second kappa shape index (κ2) is 7.58. The summed E-state index contributed by atoms with van der Waals surface area (Å²) in [6.45, 7) is 0.155. The maximum Gasteiger partial charge on any atom is 0.243 e. The van der Waals surface area contributed by atoms with E-state index in [-0.39, 0.29) is 41.5 Å². The van der Waals surface area contributed by atoms with Crippen LogP contribution in [-0.2, 0) is 20.0 Å². The summed E-state index contributed by atoms with van der Waals surface area (Å²) in [7, 11) is -7.50. The zero-order valence-corrected chi connectivity index (χ0v) is 16.5. The third-order valence-corrected chi connectivity index (χ3v) is 8.31. The lowest BCUT2D eigenvalue weighted by Gasteiger charge is -2.33. The fraction of sp³-hybridized carbons (Fsp3) is 0.235. The Morgan fingerprint density at radius 1 is 0.815 bits per heavy atom. The summed E-state index contributed by atoms with van der Waals surface area (Å²) in [4.78, 5) is 0.139. The van der Waals surface area contributed by atoms with Crippen molar-refractivity contribution in [1.82, 2.24) is 8.61 Å². The Morgan fingerprint density at radius 3 is 1.85 bits per heavy atom. The van der Waals surface area contributed by atoms with Gasteiger partial charge in [-0.1, -0.05) is 17.7 Å². The molecular weight excluding hydrogens is 410 g/mol.